The Labute approximate surface area is 183 Å². The third-order valence-corrected chi connectivity index (χ3v) is 7.37. The van der Waals surface area contributed by atoms with Gasteiger partial charge in [0.05, 0.1) is 24.6 Å². The van der Waals surface area contributed by atoms with Crippen LogP contribution in [0.4, 0.5) is 0 Å². The lowest BCUT2D eigenvalue weighted by Gasteiger charge is -2.41. The number of amidine groups is 1. The summed E-state index contributed by atoms with van der Waals surface area (Å²) in [7, 11) is 0. The highest BCUT2D eigenvalue weighted by atomic mass is 16.5. The maximum Gasteiger partial charge on any atom is 0.177 e. The Morgan fingerprint density at radius 2 is 1.94 bits per heavy atom. The summed E-state index contributed by atoms with van der Waals surface area (Å²) in [5.41, 5.74) is 4.17. The maximum absolute atomic E-state index is 5.60. The van der Waals surface area contributed by atoms with Crippen LogP contribution in [0.25, 0.3) is 5.65 Å². The lowest BCUT2D eigenvalue weighted by atomic mass is 9.92. The first-order chi connectivity index (χ1) is 15.1. The van der Waals surface area contributed by atoms with Crippen LogP contribution in [0, 0.1) is 19.3 Å². The number of nitrogens with zero attached hydrogens (tertiary/aromatic N) is 7. The van der Waals surface area contributed by atoms with Crippen LogP contribution in [0.3, 0.4) is 0 Å². The molecule has 2 saturated heterocycles. The molecule has 5 heterocycles. The van der Waals surface area contributed by atoms with Gasteiger partial charge in [-0.25, -0.2) is 14.5 Å². The Morgan fingerprint density at radius 3 is 2.61 bits per heavy atom. The Bertz CT molecular complexity index is 1020. The van der Waals surface area contributed by atoms with Crippen molar-refractivity contribution in [1.82, 2.24) is 29.4 Å². The molecule has 0 spiro atoms. The summed E-state index contributed by atoms with van der Waals surface area (Å²) in [6.45, 7) is 10.0. The molecule has 0 N–H and O–H groups in total. The molecule has 1 aliphatic carbocycles. The van der Waals surface area contributed by atoms with Crippen molar-refractivity contribution in [3.05, 3.63) is 35.2 Å². The van der Waals surface area contributed by atoms with E-state index in [-0.39, 0.29) is 5.41 Å². The van der Waals surface area contributed by atoms with E-state index < -0.39 is 0 Å². The molecule has 0 aromatic carbocycles. The van der Waals surface area contributed by atoms with Crippen molar-refractivity contribution < 1.29 is 4.74 Å². The molecule has 164 valence electrons. The van der Waals surface area contributed by atoms with Crippen LogP contribution in [-0.4, -0.2) is 80.7 Å². The smallest absolute Gasteiger partial charge is 0.177 e. The standard InChI is InChI=1S/C23H31N7O/c1-16-15-24-17(2)22-26-20(27-30(16)22)14-23(4-5-23)19-12-18(28-8-10-31-11-9-28)13-21(25-19)29-6-3-7-29/h12,15,18H,3-11,13-14H2,1-2H3. The summed E-state index contributed by atoms with van der Waals surface area (Å²) in [6, 6.07) is 0.423. The van der Waals surface area contributed by atoms with Gasteiger partial charge >= 0.3 is 0 Å². The first kappa shape index (κ1) is 19.4. The van der Waals surface area contributed by atoms with Gasteiger partial charge in [-0.05, 0) is 39.2 Å². The van der Waals surface area contributed by atoms with Gasteiger partial charge in [0, 0.05) is 62.4 Å². The number of allylic oxidation sites excluding steroid dienone is 1. The van der Waals surface area contributed by atoms with Gasteiger partial charge in [0.25, 0.3) is 0 Å². The average Bonchev–Trinajstić information content (AvgIpc) is 3.40. The number of rotatable bonds is 4. The number of fused-ring (bicyclic) bond motifs is 1. The first-order valence-electron chi connectivity index (χ1n) is 11.7. The summed E-state index contributed by atoms with van der Waals surface area (Å²) < 4.78 is 7.54. The molecular formula is C23H31N7O. The highest BCUT2D eigenvalue weighted by Crippen LogP contribution is 2.55. The van der Waals surface area contributed by atoms with Crippen LogP contribution in [0.2, 0.25) is 0 Å². The molecule has 2 aromatic heterocycles. The van der Waals surface area contributed by atoms with Crippen LogP contribution >= 0.6 is 0 Å². The molecule has 6 rings (SSSR count). The molecule has 8 nitrogen and oxygen atoms in total. The van der Waals surface area contributed by atoms with Gasteiger partial charge in [0.1, 0.15) is 5.84 Å². The van der Waals surface area contributed by atoms with Crippen molar-refractivity contribution in [1.29, 1.82) is 0 Å². The van der Waals surface area contributed by atoms with E-state index in [1.54, 1.807) is 0 Å². The topological polar surface area (TPSA) is 71.2 Å². The maximum atomic E-state index is 5.60. The minimum atomic E-state index is 0.0846. The SMILES string of the molecule is Cc1ncc(C)n2nc(CC3(C4=CC(N5CCOCC5)CC(N5CCC5)=N4)CC3)nc12. The number of hydrogen-bond acceptors (Lipinski definition) is 7. The molecular weight excluding hydrogens is 390 g/mol. The summed E-state index contributed by atoms with van der Waals surface area (Å²) in [5.74, 6) is 2.19. The van der Waals surface area contributed by atoms with Gasteiger partial charge in [0.2, 0.25) is 0 Å². The zero-order chi connectivity index (χ0) is 21.0. The molecule has 1 saturated carbocycles. The average molecular weight is 422 g/mol. The van der Waals surface area contributed by atoms with Crippen molar-refractivity contribution in [2.24, 2.45) is 10.4 Å². The van der Waals surface area contributed by atoms with E-state index in [2.05, 4.69) is 20.9 Å². The van der Waals surface area contributed by atoms with E-state index in [1.807, 2.05) is 24.6 Å². The first-order valence-corrected chi connectivity index (χ1v) is 11.7. The number of likely N-dealkylation sites (tertiary alicyclic amines) is 1. The third-order valence-electron chi connectivity index (χ3n) is 7.37. The van der Waals surface area contributed by atoms with Gasteiger partial charge in [-0.15, -0.1) is 0 Å². The second-order valence-corrected chi connectivity index (χ2v) is 9.55. The largest absolute Gasteiger partial charge is 0.379 e. The predicted molar refractivity (Wildman–Crippen MR) is 118 cm³/mol. The van der Waals surface area contributed by atoms with Gasteiger partial charge in [-0.3, -0.25) is 9.88 Å². The van der Waals surface area contributed by atoms with Crippen LogP contribution < -0.4 is 0 Å². The fourth-order valence-corrected chi connectivity index (χ4v) is 5.05. The highest BCUT2D eigenvalue weighted by molar-refractivity contribution is 5.86. The molecule has 4 aliphatic rings. The molecule has 2 aromatic rings. The lowest BCUT2D eigenvalue weighted by Crippen LogP contribution is -2.49. The summed E-state index contributed by atoms with van der Waals surface area (Å²) in [4.78, 5) is 19.6. The Hall–Kier alpha value is -2.32. The molecule has 3 aliphatic heterocycles. The third kappa shape index (κ3) is 3.46. The van der Waals surface area contributed by atoms with E-state index in [9.17, 15) is 0 Å². The number of aliphatic imine (C=N–C) groups is 1. The van der Waals surface area contributed by atoms with Crippen LogP contribution in [0.5, 0.6) is 0 Å². The molecule has 1 atom stereocenters. The summed E-state index contributed by atoms with van der Waals surface area (Å²) in [5, 5.41) is 4.84. The Balaban J connectivity index is 1.31. The Morgan fingerprint density at radius 1 is 1.13 bits per heavy atom. The molecule has 1 unspecified atom stereocenters. The van der Waals surface area contributed by atoms with E-state index in [0.717, 1.165) is 87.9 Å². The summed E-state index contributed by atoms with van der Waals surface area (Å²) >= 11 is 0. The molecule has 3 fully saturated rings. The minimum absolute atomic E-state index is 0.0846. The highest BCUT2D eigenvalue weighted by Gasteiger charge is 2.49. The second kappa shape index (κ2) is 7.38. The number of morpholine rings is 1. The van der Waals surface area contributed by atoms with Crippen molar-refractivity contribution in [3.63, 3.8) is 0 Å². The van der Waals surface area contributed by atoms with E-state index in [4.69, 9.17) is 19.8 Å². The normalized spacial score (nSPS) is 25.9. The van der Waals surface area contributed by atoms with Crippen molar-refractivity contribution >= 4 is 11.5 Å². The zero-order valence-electron chi connectivity index (χ0n) is 18.5. The molecule has 0 bridgehead atoms. The van der Waals surface area contributed by atoms with Crippen LogP contribution in [-0.2, 0) is 11.2 Å². The van der Waals surface area contributed by atoms with E-state index >= 15 is 0 Å². The van der Waals surface area contributed by atoms with Gasteiger partial charge in [-0.1, -0.05) is 0 Å². The van der Waals surface area contributed by atoms with E-state index in [1.165, 1.54) is 18.0 Å². The lowest BCUT2D eigenvalue weighted by molar-refractivity contribution is 0.0256. The second-order valence-electron chi connectivity index (χ2n) is 9.55. The molecule has 31 heavy (non-hydrogen) atoms. The van der Waals surface area contributed by atoms with Crippen molar-refractivity contribution in [3.8, 4) is 0 Å². The Kier molecular flexibility index (Phi) is 4.61. The number of ether oxygens (including phenoxy) is 1. The van der Waals surface area contributed by atoms with Crippen molar-refractivity contribution in [2.45, 2.75) is 52.0 Å². The minimum Gasteiger partial charge on any atom is -0.379 e. The van der Waals surface area contributed by atoms with Gasteiger partial charge in [-0.2, -0.15) is 5.10 Å². The van der Waals surface area contributed by atoms with Crippen LogP contribution in [0.1, 0.15) is 42.9 Å². The molecule has 8 heteroatoms. The quantitative estimate of drug-likeness (QED) is 0.753. The predicted octanol–water partition coefficient (Wildman–Crippen LogP) is 2.16. The fourth-order valence-electron chi connectivity index (χ4n) is 5.05. The van der Waals surface area contributed by atoms with Crippen molar-refractivity contribution in [2.75, 3.05) is 39.4 Å². The molecule has 0 radical (unpaired) electrons. The van der Waals surface area contributed by atoms with Gasteiger partial charge < -0.3 is 9.64 Å². The van der Waals surface area contributed by atoms with E-state index in [0.29, 0.717) is 6.04 Å². The number of hydrogen-bond donors (Lipinski definition) is 0. The fraction of sp³-hybridized carbons (Fsp3) is 0.652. The molecule has 0 amide bonds. The van der Waals surface area contributed by atoms with Crippen LogP contribution in [0.15, 0.2) is 23.0 Å². The number of aryl methyl sites for hydroxylation is 2. The zero-order valence-corrected chi connectivity index (χ0v) is 18.5. The van der Waals surface area contributed by atoms with Gasteiger partial charge in [0.15, 0.2) is 11.5 Å². The monoisotopic (exact) mass is 421 g/mol. The number of aromatic nitrogens is 4. The summed E-state index contributed by atoms with van der Waals surface area (Å²) in [6.07, 6.45) is 9.81.